The first-order valence-corrected chi connectivity index (χ1v) is 6.80. The van der Waals surface area contributed by atoms with Crippen molar-refractivity contribution in [2.24, 2.45) is 5.92 Å². The minimum atomic E-state index is 0.663. The zero-order valence-electron chi connectivity index (χ0n) is 11.4. The molecule has 2 fully saturated rings. The van der Waals surface area contributed by atoms with Gasteiger partial charge in [0.1, 0.15) is 0 Å². The zero-order valence-corrected chi connectivity index (χ0v) is 11.4. The van der Waals surface area contributed by atoms with Gasteiger partial charge in [-0.25, -0.2) is 0 Å². The van der Waals surface area contributed by atoms with Crippen molar-refractivity contribution in [2.75, 3.05) is 45.9 Å². The Bertz CT molecular complexity index is 185. The Morgan fingerprint density at radius 2 is 1.94 bits per heavy atom. The second-order valence-corrected chi connectivity index (χ2v) is 4.92. The van der Waals surface area contributed by atoms with Gasteiger partial charge in [0, 0.05) is 38.8 Å². The number of fused-ring (bicyclic) bond motifs is 1. The standard InChI is InChI=1S/C11H22N2O.C2H6/c1-10(2)7-12-3-4-13-5-6-14-9-11(13)8-12;1-2/h10-11H,3-9H2,1-2H3;1-2H3. The van der Waals surface area contributed by atoms with E-state index in [1.54, 1.807) is 0 Å². The maximum absolute atomic E-state index is 5.52. The zero-order chi connectivity index (χ0) is 12.0. The van der Waals surface area contributed by atoms with Gasteiger partial charge in [-0.15, -0.1) is 0 Å². The van der Waals surface area contributed by atoms with Gasteiger partial charge in [0.2, 0.25) is 0 Å². The molecule has 0 aromatic rings. The van der Waals surface area contributed by atoms with Gasteiger partial charge in [0.15, 0.2) is 0 Å². The topological polar surface area (TPSA) is 15.7 Å². The van der Waals surface area contributed by atoms with Crippen molar-refractivity contribution in [2.45, 2.75) is 33.7 Å². The summed E-state index contributed by atoms with van der Waals surface area (Å²) >= 11 is 0. The van der Waals surface area contributed by atoms with Gasteiger partial charge < -0.3 is 9.64 Å². The lowest BCUT2D eigenvalue weighted by Crippen LogP contribution is -2.58. The third-order valence-corrected chi connectivity index (χ3v) is 3.15. The van der Waals surface area contributed by atoms with Crippen LogP contribution in [0, 0.1) is 5.92 Å². The molecule has 0 bridgehead atoms. The third kappa shape index (κ3) is 4.04. The van der Waals surface area contributed by atoms with Crippen LogP contribution >= 0.6 is 0 Å². The van der Waals surface area contributed by atoms with Crippen molar-refractivity contribution in [3.8, 4) is 0 Å². The lowest BCUT2D eigenvalue weighted by molar-refractivity contribution is -0.0462. The van der Waals surface area contributed by atoms with E-state index in [0.29, 0.717) is 6.04 Å². The summed E-state index contributed by atoms with van der Waals surface area (Å²) in [6.07, 6.45) is 0. The highest BCUT2D eigenvalue weighted by molar-refractivity contribution is 4.84. The average Bonchev–Trinajstić information content (AvgIpc) is 2.31. The monoisotopic (exact) mass is 228 g/mol. The largest absolute Gasteiger partial charge is 0.378 e. The highest BCUT2D eigenvalue weighted by Gasteiger charge is 2.29. The first-order valence-electron chi connectivity index (χ1n) is 6.80. The Labute approximate surface area is 101 Å². The van der Waals surface area contributed by atoms with Crippen LogP contribution in [0.5, 0.6) is 0 Å². The van der Waals surface area contributed by atoms with E-state index >= 15 is 0 Å². The van der Waals surface area contributed by atoms with Crippen LogP contribution in [0.2, 0.25) is 0 Å². The Morgan fingerprint density at radius 1 is 1.19 bits per heavy atom. The fourth-order valence-corrected chi connectivity index (χ4v) is 2.49. The van der Waals surface area contributed by atoms with E-state index in [2.05, 4.69) is 23.6 Å². The number of morpholine rings is 1. The van der Waals surface area contributed by atoms with Crippen molar-refractivity contribution in [1.82, 2.24) is 9.80 Å². The molecule has 2 saturated heterocycles. The van der Waals surface area contributed by atoms with Gasteiger partial charge in [-0.3, -0.25) is 4.90 Å². The van der Waals surface area contributed by atoms with Crippen LogP contribution in [0.4, 0.5) is 0 Å². The molecule has 2 heterocycles. The first kappa shape index (κ1) is 13.9. The summed E-state index contributed by atoms with van der Waals surface area (Å²) in [7, 11) is 0. The summed E-state index contributed by atoms with van der Waals surface area (Å²) < 4.78 is 5.52. The molecule has 2 aliphatic heterocycles. The third-order valence-electron chi connectivity index (χ3n) is 3.15. The van der Waals surface area contributed by atoms with E-state index in [4.69, 9.17) is 4.74 Å². The molecular formula is C13H28N2O. The minimum Gasteiger partial charge on any atom is -0.378 e. The minimum absolute atomic E-state index is 0.663. The van der Waals surface area contributed by atoms with Crippen LogP contribution in [-0.2, 0) is 4.74 Å². The Kier molecular flexibility index (Phi) is 6.32. The SMILES string of the molecule is CC.CC(C)CN1CCN2CCOCC2C1. The van der Waals surface area contributed by atoms with Crippen molar-refractivity contribution >= 4 is 0 Å². The number of nitrogens with zero attached hydrogens (tertiary/aromatic N) is 2. The number of ether oxygens (including phenoxy) is 1. The smallest absolute Gasteiger partial charge is 0.0634 e. The van der Waals surface area contributed by atoms with E-state index < -0.39 is 0 Å². The van der Waals surface area contributed by atoms with E-state index in [1.165, 1.54) is 26.2 Å². The molecule has 16 heavy (non-hydrogen) atoms. The average molecular weight is 228 g/mol. The molecule has 2 aliphatic rings. The predicted molar refractivity (Wildman–Crippen MR) is 68.8 cm³/mol. The molecule has 96 valence electrons. The summed E-state index contributed by atoms with van der Waals surface area (Å²) in [4.78, 5) is 5.17. The van der Waals surface area contributed by atoms with Crippen LogP contribution in [0.1, 0.15) is 27.7 Å². The van der Waals surface area contributed by atoms with Gasteiger partial charge in [0.05, 0.1) is 13.2 Å². The van der Waals surface area contributed by atoms with Gasteiger partial charge in [-0.05, 0) is 5.92 Å². The number of hydrogen-bond acceptors (Lipinski definition) is 3. The Hall–Kier alpha value is -0.120. The van der Waals surface area contributed by atoms with Crippen molar-refractivity contribution in [3.05, 3.63) is 0 Å². The normalized spacial score (nSPS) is 27.2. The molecular weight excluding hydrogens is 200 g/mol. The fourth-order valence-electron chi connectivity index (χ4n) is 2.49. The quantitative estimate of drug-likeness (QED) is 0.715. The molecule has 3 heteroatoms. The molecule has 0 radical (unpaired) electrons. The highest BCUT2D eigenvalue weighted by atomic mass is 16.5. The van der Waals surface area contributed by atoms with Crippen LogP contribution in [0.15, 0.2) is 0 Å². The van der Waals surface area contributed by atoms with Crippen molar-refractivity contribution < 1.29 is 4.74 Å². The number of hydrogen-bond donors (Lipinski definition) is 0. The maximum atomic E-state index is 5.52. The van der Waals surface area contributed by atoms with Crippen LogP contribution < -0.4 is 0 Å². The van der Waals surface area contributed by atoms with E-state index in [9.17, 15) is 0 Å². The summed E-state index contributed by atoms with van der Waals surface area (Å²) in [6.45, 7) is 16.5. The van der Waals surface area contributed by atoms with Gasteiger partial charge >= 0.3 is 0 Å². The second kappa shape index (κ2) is 7.25. The molecule has 3 nitrogen and oxygen atoms in total. The molecule has 0 aromatic heterocycles. The summed E-state index contributed by atoms with van der Waals surface area (Å²) in [5.74, 6) is 0.783. The van der Waals surface area contributed by atoms with Gasteiger partial charge in [0.25, 0.3) is 0 Å². The molecule has 0 N–H and O–H groups in total. The van der Waals surface area contributed by atoms with E-state index in [-0.39, 0.29) is 0 Å². The highest BCUT2D eigenvalue weighted by Crippen LogP contribution is 2.14. The van der Waals surface area contributed by atoms with Crippen LogP contribution in [0.25, 0.3) is 0 Å². The van der Waals surface area contributed by atoms with E-state index in [1.807, 2.05) is 13.8 Å². The summed E-state index contributed by atoms with van der Waals surface area (Å²) in [5.41, 5.74) is 0. The summed E-state index contributed by atoms with van der Waals surface area (Å²) in [6, 6.07) is 0.663. The second-order valence-electron chi connectivity index (χ2n) is 4.92. The Morgan fingerprint density at radius 3 is 2.62 bits per heavy atom. The maximum Gasteiger partial charge on any atom is 0.0634 e. The molecule has 1 unspecified atom stereocenters. The number of rotatable bonds is 2. The first-order chi connectivity index (χ1) is 7.75. The number of piperazine rings is 1. The van der Waals surface area contributed by atoms with Crippen molar-refractivity contribution in [3.63, 3.8) is 0 Å². The van der Waals surface area contributed by atoms with Crippen LogP contribution in [0.3, 0.4) is 0 Å². The molecule has 0 amide bonds. The summed E-state index contributed by atoms with van der Waals surface area (Å²) in [5, 5.41) is 0. The molecule has 0 spiro atoms. The molecule has 2 rings (SSSR count). The van der Waals surface area contributed by atoms with E-state index in [0.717, 1.165) is 25.7 Å². The fraction of sp³-hybridized carbons (Fsp3) is 1.00. The Balaban J connectivity index is 0.000000606. The molecule has 0 aromatic carbocycles. The molecule has 0 aliphatic carbocycles. The molecule has 0 saturated carbocycles. The molecule has 1 atom stereocenters. The van der Waals surface area contributed by atoms with Gasteiger partial charge in [-0.2, -0.15) is 0 Å². The lowest BCUT2D eigenvalue weighted by atomic mass is 10.1. The lowest BCUT2D eigenvalue weighted by Gasteiger charge is -2.44. The van der Waals surface area contributed by atoms with Crippen LogP contribution in [-0.4, -0.2) is 61.8 Å². The van der Waals surface area contributed by atoms with Crippen molar-refractivity contribution in [1.29, 1.82) is 0 Å². The van der Waals surface area contributed by atoms with Gasteiger partial charge in [-0.1, -0.05) is 27.7 Å². The predicted octanol–water partition coefficient (Wildman–Crippen LogP) is 1.68.